The second kappa shape index (κ2) is 5.77. The molecule has 0 saturated carbocycles. The summed E-state index contributed by atoms with van der Waals surface area (Å²) in [5.41, 5.74) is 1.03. The summed E-state index contributed by atoms with van der Waals surface area (Å²) >= 11 is 0. The van der Waals surface area contributed by atoms with Gasteiger partial charge in [-0.25, -0.2) is 0 Å². The maximum absolute atomic E-state index is 11.7. The number of rotatable bonds is 4. The van der Waals surface area contributed by atoms with E-state index in [1.54, 1.807) is 6.20 Å². The van der Waals surface area contributed by atoms with Gasteiger partial charge in [0.25, 0.3) is 0 Å². The lowest BCUT2D eigenvalue weighted by atomic mass is 10.2. The van der Waals surface area contributed by atoms with Gasteiger partial charge in [0.05, 0.1) is 6.10 Å². The summed E-state index contributed by atoms with van der Waals surface area (Å²) in [6, 6.07) is 5.86. The first-order valence-electron chi connectivity index (χ1n) is 6.09. The van der Waals surface area contributed by atoms with Gasteiger partial charge < -0.3 is 9.64 Å². The second-order valence-electron chi connectivity index (χ2n) is 4.25. The quantitative estimate of drug-likeness (QED) is 0.787. The van der Waals surface area contributed by atoms with E-state index < -0.39 is 0 Å². The molecule has 1 aromatic heterocycles. The largest absolute Gasteiger partial charge is 0.367 e. The summed E-state index contributed by atoms with van der Waals surface area (Å²) in [7, 11) is 0. The number of amides is 1. The van der Waals surface area contributed by atoms with Crippen molar-refractivity contribution in [2.75, 3.05) is 19.7 Å². The van der Waals surface area contributed by atoms with Crippen LogP contribution in [0.2, 0.25) is 0 Å². The third kappa shape index (κ3) is 3.27. The summed E-state index contributed by atoms with van der Waals surface area (Å²) in [5.74, 6) is 0.0885. The number of ether oxygens (including phenoxy) is 1. The monoisotopic (exact) mass is 234 g/mol. The lowest BCUT2D eigenvalue weighted by Gasteiger charge is -2.32. The second-order valence-corrected chi connectivity index (χ2v) is 4.25. The highest BCUT2D eigenvalue weighted by molar-refractivity contribution is 5.78. The van der Waals surface area contributed by atoms with Gasteiger partial charge in [0.15, 0.2) is 0 Å². The maximum atomic E-state index is 11.7. The molecule has 0 radical (unpaired) electrons. The molecular weight excluding hydrogens is 216 g/mol. The van der Waals surface area contributed by atoms with Crippen molar-refractivity contribution in [1.82, 2.24) is 9.88 Å². The highest BCUT2D eigenvalue weighted by Crippen LogP contribution is 2.10. The smallest absolute Gasteiger partial charge is 0.248 e. The van der Waals surface area contributed by atoms with Gasteiger partial charge in [-0.3, -0.25) is 9.78 Å². The zero-order valence-electron chi connectivity index (χ0n) is 10.1. The Labute approximate surface area is 102 Å². The summed E-state index contributed by atoms with van der Waals surface area (Å²) in [4.78, 5) is 17.8. The average Bonchev–Trinajstić information content (AvgIpc) is 2.39. The molecule has 0 N–H and O–H groups in total. The first kappa shape index (κ1) is 12.0. The Kier molecular flexibility index (Phi) is 4.09. The van der Waals surface area contributed by atoms with Crippen molar-refractivity contribution >= 4 is 5.91 Å². The third-order valence-electron chi connectivity index (χ3n) is 3.04. The first-order valence-corrected chi connectivity index (χ1v) is 6.09. The topological polar surface area (TPSA) is 42.4 Å². The summed E-state index contributed by atoms with van der Waals surface area (Å²) in [6.07, 6.45) is 3.73. The molecule has 1 atom stereocenters. The van der Waals surface area contributed by atoms with Crippen molar-refractivity contribution < 1.29 is 9.53 Å². The molecule has 0 bridgehead atoms. The lowest BCUT2D eigenvalue weighted by molar-refractivity contribution is -0.148. The van der Waals surface area contributed by atoms with Crippen LogP contribution in [0, 0.1) is 0 Å². The zero-order chi connectivity index (χ0) is 12.1. The number of nitrogens with zero attached hydrogens (tertiary/aromatic N) is 2. The Morgan fingerprint density at radius 3 is 3.12 bits per heavy atom. The van der Waals surface area contributed by atoms with Gasteiger partial charge in [-0.2, -0.15) is 0 Å². The standard InChI is InChI=1S/C13H18N2O2/c1-2-12-9-15(13(16)10-17-12)8-6-11-5-3-4-7-14-11/h3-5,7,12H,2,6,8-10H2,1H3. The number of hydrogen-bond acceptors (Lipinski definition) is 3. The fourth-order valence-corrected chi connectivity index (χ4v) is 1.94. The minimum absolute atomic E-state index is 0.0885. The van der Waals surface area contributed by atoms with Crippen LogP contribution in [-0.4, -0.2) is 41.6 Å². The molecule has 0 aliphatic carbocycles. The van der Waals surface area contributed by atoms with Gasteiger partial charge >= 0.3 is 0 Å². The summed E-state index contributed by atoms with van der Waals surface area (Å²) < 4.78 is 5.41. The fourth-order valence-electron chi connectivity index (χ4n) is 1.94. The summed E-state index contributed by atoms with van der Waals surface area (Å²) in [5, 5.41) is 0. The summed E-state index contributed by atoms with van der Waals surface area (Å²) in [6.45, 7) is 3.75. The van der Waals surface area contributed by atoms with E-state index >= 15 is 0 Å². The van der Waals surface area contributed by atoms with Gasteiger partial charge in [0.2, 0.25) is 5.91 Å². The highest BCUT2D eigenvalue weighted by atomic mass is 16.5. The van der Waals surface area contributed by atoms with E-state index in [1.807, 2.05) is 23.1 Å². The molecule has 4 nitrogen and oxygen atoms in total. The van der Waals surface area contributed by atoms with E-state index in [0.717, 1.165) is 25.1 Å². The van der Waals surface area contributed by atoms with E-state index in [1.165, 1.54) is 0 Å². The average molecular weight is 234 g/mol. The minimum atomic E-state index is 0.0885. The molecule has 1 aromatic rings. The van der Waals surface area contributed by atoms with Crippen LogP contribution in [-0.2, 0) is 16.0 Å². The molecule has 92 valence electrons. The molecule has 0 spiro atoms. The molecule has 1 aliphatic heterocycles. The number of pyridine rings is 1. The molecule has 1 fully saturated rings. The van der Waals surface area contributed by atoms with E-state index in [9.17, 15) is 4.79 Å². The zero-order valence-corrected chi connectivity index (χ0v) is 10.1. The van der Waals surface area contributed by atoms with Crippen LogP contribution in [0.15, 0.2) is 24.4 Å². The predicted molar refractivity (Wildman–Crippen MR) is 64.6 cm³/mol. The molecular formula is C13H18N2O2. The molecule has 2 heterocycles. The number of hydrogen-bond donors (Lipinski definition) is 0. The van der Waals surface area contributed by atoms with Crippen molar-refractivity contribution in [3.63, 3.8) is 0 Å². The van der Waals surface area contributed by atoms with E-state index in [4.69, 9.17) is 4.74 Å². The minimum Gasteiger partial charge on any atom is -0.367 e. The Morgan fingerprint density at radius 2 is 2.41 bits per heavy atom. The maximum Gasteiger partial charge on any atom is 0.248 e. The molecule has 1 amide bonds. The van der Waals surface area contributed by atoms with Gasteiger partial charge in [-0.05, 0) is 18.6 Å². The van der Waals surface area contributed by atoms with Gasteiger partial charge in [-0.15, -0.1) is 0 Å². The van der Waals surface area contributed by atoms with Crippen LogP contribution in [0.25, 0.3) is 0 Å². The van der Waals surface area contributed by atoms with Gasteiger partial charge in [0.1, 0.15) is 6.61 Å². The Bertz CT molecular complexity index is 367. The molecule has 0 aromatic carbocycles. The predicted octanol–water partition coefficient (Wildman–Crippen LogP) is 1.26. The van der Waals surface area contributed by atoms with Crippen LogP contribution in [0.5, 0.6) is 0 Å². The molecule has 4 heteroatoms. The van der Waals surface area contributed by atoms with Crippen LogP contribution in [0.4, 0.5) is 0 Å². The molecule has 2 rings (SSSR count). The lowest BCUT2D eigenvalue weighted by Crippen LogP contribution is -2.47. The Balaban J connectivity index is 1.87. The van der Waals surface area contributed by atoms with E-state index in [-0.39, 0.29) is 18.6 Å². The van der Waals surface area contributed by atoms with Crippen LogP contribution in [0.3, 0.4) is 0 Å². The van der Waals surface area contributed by atoms with E-state index in [0.29, 0.717) is 6.54 Å². The van der Waals surface area contributed by atoms with Crippen molar-refractivity contribution in [3.05, 3.63) is 30.1 Å². The molecule has 1 saturated heterocycles. The molecule has 17 heavy (non-hydrogen) atoms. The molecule has 1 unspecified atom stereocenters. The first-order chi connectivity index (χ1) is 8.29. The van der Waals surface area contributed by atoms with Crippen LogP contribution in [0.1, 0.15) is 19.0 Å². The highest BCUT2D eigenvalue weighted by Gasteiger charge is 2.24. The van der Waals surface area contributed by atoms with Gasteiger partial charge in [0, 0.05) is 31.4 Å². The third-order valence-corrected chi connectivity index (χ3v) is 3.04. The van der Waals surface area contributed by atoms with Crippen LogP contribution < -0.4 is 0 Å². The van der Waals surface area contributed by atoms with E-state index in [2.05, 4.69) is 11.9 Å². The van der Waals surface area contributed by atoms with Crippen molar-refractivity contribution in [2.45, 2.75) is 25.9 Å². The SMILES string of the molecule is CCC1CN(CCc2ccccn2)C(=O)CO1. The number of morpholine rings is 1. The van der Waals surface area contributed by atoms with Crippen molar-refractivity contribution in [3.8, 4) is 0 Å². The number of carbonyl (C=O) groups is 1. The Morgan fingerprint density at radius 1 is 1.53 bits per heavy atom. The van der Waals surface area contributed by atoms with Crippen molar-refractivity contribution in [2.24, 2.45) is 0 Å². The van der Waals surface area contributed by atoms with Crippen LogP contribution >= 0.6 is 0 Å². The number of aromatic nitrogens is 1. The number of carbonyl (C=O) groups excluding carboxylic acids is 1. The normalized spacial score (nSPS) is 20.6. The Hall–Kier alpha value is -1.42. The molecule has 1 aliphatic rings. The van der Waals surface area contributed by atoms with Crippen molar-refractivity contribution in [1.29, 1.82) is 0 Å². The fraction of sp³-hybridized carbons (Fsp3) is 0.538. The van der Waals surface area contributed by atoms with Gasteiger partial charge in [-0.1, -0.05) is 13.0 Å².